The highest BCUT2D eigenvalue weighted by Gasteiger charge is 2.17. The van der Waals surface area contributed by atoms with E-state index in [9.17, 15) is 4.79 Å². The molecule has 1 aromatic heterocycles. The molecular weight excluding hydrogens is 262 g/mol. The summed E-state index contributed by atoms with van der Waals surface area (Å²) in [7, 11) is 2.96. The number of anilines is 2. The van der Waals surface area contributed by atoms with Gasteiger partial charge in [0.1, 0.15) is 11.5 Å². The quantitative estimate of drug-likeness (QED) is 0.827. The van der Waals surface area contributed by atoms with Crippen LogP contribution in [0, 0.1) is 6.92 Å². The summed E-state index contributed by atoms with van der Waals surface area (Å²) in [4.78, 5) is 12.2. The third kappa shape index (κ3) is 2.66. The molecule has 1 amide bonds. The van der Waals surface area contributed by atoms with Crippen molar-refractivity contribution in [1.82, 2.24) is 5.16 Å². The molecule has 1 heterocycles. The Labute approximate surface area is 115 Å². The van der Waals surface area contributed by atoms with Crippen LogP contribution in [0.4, 0.5) is 11.6 Å². The number of aromatic nitrogens is 1. The van der Waals surface area contributed by atoms with Crippen LogP contribution in [-0.4, -0.2) is 25.3 Å². The van der Waals surface area contributed by atoms with Crippen molar-refractivity contribution in [2.24, 2.45) is 0 Å². The topological polar surface area (TPSA) is 99.6 Å². The van der Waals surface area contributed by atoms with E-state index in [1.807, 2.05) is 0 Å². The van der Waals surface area contributed by atoms with Crippen LogP contribution in [0.2, 0.25) is 0 Å². The number of carbonyl (C=O) groups excluding carboxylic acids is 1. The monoisotopic (exact) mass is 277 g/mol. The van der Waals surface area contributed by atoms with Gasteiger partial charge in [0.2, 0.25) is 5.88 Å². The highest BCUT2D eigenvalue weighted by atomic mass is 16.5. The molecule has 7 nitrogen and oxygen atoms in total. The number of aryl methyl sites for hydroxylation is 1. The van der Waals surface area contributed by atoms with Crippen LogP contribution < -0.4 is 20.5 Å². The van der Waals surface area contributed by atoms with Gasteiger partial charge in [0.25, 0.3) is 5.91 Å². The summed E-state index contributed by atoms with van der Waals surface area (Å²) in [6, 6.07) is 4.73. The molecule has 0 aliphatic rings. The molecule has 20 heavy (non-hydrogen) atoms. The first-order valence-electron chi connectivity index (χ1n) is 5.81. The maximum Gasteiger partial charge on any atom is 0.260 e. The number of nitrogens with zero attached hydrogens (tertiary/aromatic N) is 1. The van der Waals surface area contributed by atoms with Crippen molar-refractivity contribution >= 4 is 17.5 Å². The molecule has 0 saturated heterocycles. The molecule has 2 aromatic rings. The Morgan fingerprint density at radius 2 is 2.05 bits per heavy atom. The lowest BCUT2D eigenvalue weighted by atomic mass is 10.1. The maximum absolute atomic E-state index is 12.2. The van der Waals surface area contributed by atoms with Crippen LogP contribution in [0.5, 0.6) is 11.5 Å². The van der Waals surface area contributed by atoms with Crippen molar-refractivity contribution in [3.8, 4) is 11.5 Å². The van der Waals surface area contributed by atoms with Crippen LogP contribution in [0.25, 0.3) is 0 Å². The van der Waals surface area contributed by atoms with Crippen LogP contribution in [0.3, 0.4) is 0 Å². The maximum atomic E-state index is 12.2. The first-order chi connectivity index (χ1) is 9.55. The minimum Gasteiger partial charge on any atom is -0.497 e. The average Bonchev–Trinajstić information content (AvgIpc) is 2.84. The predicted molar refractivity (Wildman–Crippen MR) is 73.2 cm³/mol. The summed E-state index contributed by atoms with van der Waals surface area (Å²) >= 11 is 0. The molecule has 0 fully saturated rings. The van der Waals surface area contributed by atoms with Crippen LogP contribution >= 0.6 is 0 Å². The molecule has 0 aliphatic carbocycles. The Morgan fingerprint density at radius 3 is 2.60 bits per heavy atom. The predicted octanol–water partition coefficient (Wildman–Crippen LogP) is 1.83. The lowest BCUT2D eigenvalue weighted by molar-refractivity contribution is 0.102. The molecule has 0 radical (unpaired) electrons. The zero-order chi connectivity index (χ0) is 14.7. The molecule has 106 valence electrons. The highest BCUT2D eigenvalue weighted by Crippen LogP contribution is 2.31. The number of ether oxygens (including phenoxy) is 2. The smallest absolute Gasteiger partial charge is 0.260 e. The number of nitrogens with one attached hydrogen (secondary N) is 1. The van der Waals surface area contributed by atoms with Gasteiger partial charge in [0, 0.05) is 12.1 Å². The van der Waals surface area contributed by atoms with Gasteiger partial charge in [-0.1, -0.05) is 5.16 Å². The largest absolute Gasteiger partial charge is 0.497 e. The molecule has 0 spiro atoms. The lowest BCUT2D eigenvalue weighted by Gasteiger charge is -2.11. The van der Waals surface area contributed by atoms with E-state index >= 15 is 0 Å². The molecule has 0 bridgehead atoms. The van der Waals surface area contributed by atoms with Crippen molar-refractivity contribution in [3.63, 3.8) is 0 Å². The number of hydrogen-bond acceptors (Lipinski definition) is 6. The fraction of sp³-hybridized carbons (Fsp3) is 0.231. The van der Waals surface area contributed by atoms with Gasteiger partial charge >= 0.3 is 0 Å². The SMILES string of the molecule is COc1cc(OC)c(N)c(C(=O)Nc2cc(C)no2)c1. The van der Waals surface area contributed by atoms with Crippen molar-refractivity contribution < 1.29 is 18.8 Å². The van der Waals surface area contributed by atoms with E-state index in [0.29, 0.717) is 17.2 Å². The number of rotatable bonds is 4. The molecule has 0 aliphatic heterocycles. The van der Waals surface area contributed by atoms with E-state index < -0.39 is 5.91 Å². The minimum absolute atomic E-state index is 0.224. The fourth-order valence-electron chi connectivity index (χ4n) is 1.68. The van der Waals surface area contributed by atoms with Crippen LogP contribution in [0.15, 0.2) is 22.7 Å². The zero-order valence-electron chi connectivity index (χ0n) is 11.4. The van der Waals surface area contributed by atoms with Crippen molar-refractivity contribution in [3.05, 3.63) is 29.5 Å². The number of carbonyl (C=O) groups is 1. The second-order valence-electron chi connectivity index (χ2n) is 4.08. The average molecular weight is 277 g/mol. The van der Waals surface area contributed by atoms with Crippen LogP contribution in [-0.2, 0) is 0 Å². The normalized spacial score (nSPS) is 10.2. The molecule has 0 saturated carbocycles. The van der Waals surface area contributed by atoms with E-state index in [4.69, 9.17) is 19.7 Å². The summed E-state index contributed by atoms with van der Waals surface area (Å²) < 4.78 is 15.1. The first kappa shape index (κ1) is 13.7. The van der Waals surface area contributed by atoms with Gasteiger partial charge in [-0.15, -0.1) is 0 Å². The highest BCUT2D eigenvalue weighted by molar-refractivity contribution is 6.08. The van der Waals surface area contributed by atoms with Gasteiger partial charge in [0.15, 0.2) is 0 Å². The third-order valence-corrected chi connectivity index (χ3v) is 2.68. The zero-order valence-corrected chi connectivity index (χ0v) is 11.4. The Bertz CT molecular complexity index is 637. The van der Waals surface area contributed by atoms with E-state index in [2.05, 4.69) is 10.5 Å². The van der Waals surface area contributed by atoms with Crippen molar-refractivity contribution in [1.29, 1.82) is 0 Å². The number of hydrogen-bond donors (Lipinski definition) is 2. The molecule has 0 atom stereocenters. The molecule has 1 aromatic carbocycles. The second kappa shape index (κ2) is 5.52. The van der Waals surface area contributed by atoms with Crippen LogP contribution in [0.1, 0.15) is 16.1 Å². The van der Waals surface area contributed by atoms with Crippen molar-refractivity contribution in [2.45, 2.75) is 6.92 Å². The number of benzene rings is 1. The summed E-state index contributed by atoms with van der Waals surface area (Å²) in [5, 5.41) is 6.25. The third-order valence-electron chi connectivity index (χ3n) is 2.68. The first-order valence-corrected chi connectivity index (χ1v) is 5.81. The second-order valence-corrected chi connectivity index (χ2v) is 4.08. The van der Waals surface area contributed by atoms with E-state index in [0.717, 1.165) is 0 Å². The van der Waals surface area contributed by atoms with Gasteiger partial charge in [-0.25, -0.2) is 0 Å². The Kier molecular flexibility index (Phi) is 3.79. The summed E-state index contributed by atoms with van der Waals surface area (Å²) in [6.45, 7) is 1.75. The summed E-state index contributed by atoms with van der Waals surface area (Å²) in [5.41, 5.74) is 7.01. The van der Waals surface area contributed by atoms with E-state index in [1.165, 1.54) is 20.3 Å². The van der Waals surface area contributed by atoms with Gasteiger partial charge < -0.3 is 19.7 Å². The summed E-state index contributed by atoms with van der Waals surface area (Å²) in [6.07, 6.45) is 0. The number of methoxy groups -OCH3 is 2. The molecule has 7 heteroatoms. The minimum atomic E-state index is -0.434. The van der Waals surface area contributed by atoms with Gasteiger partial charge in [0.05, 0.1) is 31.2 Å². The fourth-order valence-corrected chi connectivity index (χ4v) is 1.68. The Balaban J connectivity index is 2.33. The van der Waals surface area contributed by atoms with Gasteiger partial charge in [-0.05, 0) is 13.0 Å². The standard InChI is InChI=1S/C13H15N3O4/c1-7-4-11(20-16-7)15-13(17)9-5-8(18-2)6-10(19-3)12(9)14/h4-6H,14H2,1-3H3,(H,15,17). The van der Waals surface area contributed by atoms with E-state index in [1.54, 1.807) is 19.1 Å². The Morgan fingerprint density at radius 1 is 1.30 bits per heavy atom. The number of nitrogen functional groups attached to an aromatic ring is 1. The number of nitrogens with two attached hydrogens (primary N) is 1. The van der Waals surface area contributed by atoms with Gasteiger partial charge in [-0.3, -0.25) is 10.1 Å². The molecule has 2 rings (SSSR count). The summed E-state index contributed by atoms with van der Waals surface area (Å²) in [5.74, 6) is 0.641. The molecular formula is C13H15N3O4. The van der Waals surface area contributed by atoms with E-state index in [-0.39, 0.29) is 17.1 Å². The molecule has 3 N–H and O–H groups in total. The Hall–Kier alpha value is -2.70. The lowest BCUT2D eigenvalue weighted by Crippen LogP contribution is -2.14. The molecule has 0 unspecified atom stereocenters. The van der Waals surface area contributed by atoms with Gasteiger partial charge in [-0.2, -0.15) is 0 Å². The number of amides is 1. The van der Waals surface area contributed by atoms with Crippen molar-refractivity contribution in [2.75, 3.05) is 25.3 Å².